The fourth-order valence-corrected chi connectivity index (χ4v) is 1.83. The quantitative estimate of drug-likeness (QED) is 0.579. The van der Waals surface area contributed by atoms with Gasteiger partial charge >= 0.3 is 0 Å². The molecule has 1 aromatic rings. The topological polar surface area (TPSA) is 22.1 Å². The normalized spacial score (nSPS) is 24.1. The van der Waals surface area contributed by atoms with Gasteiger partial charge in [-0.25, -0.2) is 0 Å². The van der Waals surface area contributed by atoms with E-state index in [4.69, 9.17) is 16.3 Å². The largest absolute Gasteiger partial charge is 0.359 e. The van der Waals surface area contributed by atoms with Crippen LogP contribution in [0.15, 0.2) is 43.2 Å². The van der Waals surface area contributed by atoms with Crippen LogP contribution in [-0.2, 0) is 4.74 Å². The molecule has 3 heteroatoms. The number of ether oxygens (including phenoxy) is 1. The first-order chi connectivity index (χ1) is 7.77. The molecule has 0 aromatic carbocycles. The van der Waals surface area contributed by atoms with E-state index in [9.17, 15) is 0 Å². The molecule has 1 aliphatic heterocycles. The van der Waals surface area contributed by atoms with Crippen LogP contribution in [-0.4, -0.2) is 16.7 Å². The van der Waals surface area contributed by atoms with Gasteiger partial charge in [0.2, 0.25) is 0 Å². The molecular formula is C13H18ClNO. The van der Waals surface area contributed by atoms with E-state index in [-0.39, 0.29) is 0 Å². The molecule has 1 saturated heterocycles. The number of rotatable bonds is 2. The van der Waals surface area contributed by atoms with Crippen LogP contribution in [0.3, 0.4) is 0 Å². The Morgan fingerprint density at radius 2 is 2.06 bits per heavy atom. The van der Waals surface area contributed by atoms with E-state index in [0.717, 1.165) is 25.9 Å². The summed E-state index contributed by atoms with van der Waals surface area (Å²) < 4.78 is 5.40. The van der Waals surface area contributed by atoms with E-state index < -0.39 is 5.06 Å². The van der Waals surface area contributed by atoms with Crippen LogP contribution in [0.4, 0.5) is 0 Å². The minimum atomic E-state index is -0.417. The number of pyridine rings is 1. The molecule has 0 amide bonds. The minimum Gasteiger partial charge on any atom is -0.359 e. The Labute approximate surface area is 102 Å². The van der Waals surface area contributed by atoms with Gasteiger partial charge in [-0.1, -0.05) is 23.7 Å². The monoisotopic (exact) mass is 239 g/mol. The van der Waals surface area contributed by atoms with E-state index in [1.165, 1.54) is 6.42 Å². The number of nitrogens with zero attached hydrogens (tertiary/aromatic N) is 1. The standard InChI is InChI=1S/C8H13ClO.C5H5N/c1-2-5-8(9)6-3-4-7-10-8;1-2-4-6-5-3-1/h2H,1,3-7H2;1-5H. The Morgan fingerprint density at radius 3 is 2.44 bits per heavy atom. The summed E-state index contributed by atoms with van der Waals surface area (Å²) >= 11 is 6.08. The second kappa shape index (κ2) is 7.42. The number of aromatic nitrogens is 1. The second-order valence-corrected chi connectivity index (χ2v) is 4.39. The highest BCUT2D eigenvalue weighted by Gasteiger charge is 2.28. The Hall–Kier alpha value is -0.860. The van der Waals surface area contributed by atoms with E-state index >= 15 is 0 Å². The first-order valence-corrected chi connectivity index (χ1v) is 5.93. The zero-order valence-corrected chi connectivity index (χ0v) is 10.2. The van der Waals surface area contributed by atoms with Gasteiger partial charge in [-0.3, -0.25) is 4.98 Å². The zero-order valence-electron chi connectivity index (χ0n) is 9.44. The van der Waals surface area contributed by atoms with Gasteiger partial charge in [-0.2, -0.15) is 0 Å². The van der Waals surface area contributed by atoms with Crippen molar-refractivity contribution in [2.45, 2.75) is 30.7 Å². The van der Waals surface area contributed by atoms with Gasteiger partial charge in [0.25, 0.3) is 0 Å². The maximum atomic E-state index is 6.08. The highest BCUT2D eigenvalue weighted by molar-refractivity contribution is 6.23. The molecule has 0 radical (unpaired) electrons. The lowest BCUT2D eigenvalue weighted by Crippen LogP contribution is -2.29. The van der Waals surface area contributed by atoms with Crippen LogP contribution < -0.4 is 0 Å². The Balaban J connectivity index is 0.000000181. The molecule has 1 unspecified atom stereocenters. The molecule has 1 fully saturated rings. The lowest BCUT2D eigenvalue weighted by molar-refractivity contribution is -0.0145. The van der Waals surface area contributed by atoms with Crippen molar-refractivity contribution >= 4 is 11.6 Å². The fraction of sp³-hybridized carbons (Fsp3) is 0.462. The Kier molecular flexibility index (Phi) is 6.12. The van der Waals surface area contributed by atoms with E-state index in [2.05, 4.69) is 11.6 Å². The van der Waals surface area contributed by atoms with Crippen LogP contribution in [0.5, 0.6) is 0 Å². The highest BCUT2D eigenvalue weighted by atomic mass is 35.5. The summed E-state index contributed by atoms with van der Waals surface area (Å²) in [5, 5.41) is -0.417. The summed E-state index contributed by atoms with van der Waals surface area (Å²) in [6.07, 6.45) is 9.36. The van der Waals surface area contributed by atoms with Crippen LogP contribution >= 0.6 is 11.6 Å². The predicted molar refractivity (Wildman–Crippen MR) is 67.4 cm³/mol. The van der Waals surface area contributed by atoms with Crippen molar-refractivity contribution in [2.75, 3.05) is 6.61 Å². The molecule has 0 spiro atoms. The third kappa shape index (κ3) is 5.29. The molecule has 0 N–H and O–H groups in total. The summed E-state index contributed by atoms with van der Waals surface area (Å²) in [6.45, 7) is 4.44. The first-order valence-electron chi connectivity index (χ1n) is 5.56. The predicted octanol–water partition coefficient (Wildman–Crippen LogP) is 3.78. The molecule has 0 bridgehead atoms. The molecule has 0 saturated carbocycles. The maximum Gasteiger partial charge on any atom is 0.145 e. The van der Waals surface area contributed by atoms with Crippen LogP contribution in [0.1, 0.15) is 25.7 Å². The number of hydrogen-bond acceptors (Lipinski definition) is 2. The smallest absolute Gasteiger partial charge is 0.145 e. The summed E-state index contributed by atoms with van der Waals surface area (Å²) in [5.74, 6) is 0. The zero-order chi connectivity index (χ0) is 11.7. The minimum absolute atomic E-state index is 0.417. The van der Waals surface area contributed by atoms with Gasteiger partial charge in [0, 0.05) is 25.4 Å². The average molecular weight is 240 g/mol. The number of hydrogen-bond donors (Lipinski definition) is 0. The van der Waals surface area contributed by atoms with E-state index in [0.29, 0.717) is 0 Å². The fourth-order valence-electron chi connectivity index (χ4n) is 1.51. The van der Waals surface area contributed by atoms with Crippen molar-refractivity contribution < 1.29 is 4.74 Å². The van der Waals surface area contributed by atoms with Gasteiger partial charge in [-0.05, 0) is 31.4 Å². The van der Waals surface area contributed by atoms with Gasteiger partial charge < -0.3 is 4.74 Å². The van der Waals surface area contributed by atoms with E-state index in [1.54, 1.807) is 12.4 Å². The molecule has 88 valence electrons. The van der Waals surface area contributed by atoms with Crippen molar-refractivity contribution in [2.24, 2.45) is 0 Å². The molecule has 0 aliphatic carbocycles. The summed E-state index contributed by atoms with van der Waals surface area (Å²) in [7, 11) is 0. The molecule has 1 aromatic heterocycles. The lowest BCUT2D eigenvalue weighted by atomic mass is 10.1. The maximum absolute atomic E-state index is 6.08. The van der Waals surface area contributed by atoms with Gasteiger partial charge in [0.1, 0.15) is 5.06 Å². The van der Waals surface area contributed by atoms with Gasteiger partial charge in [-0.15, -0.1) is 6.58 Å². The molecule has 1 atom stereocenters. The Bertz CT molecular complexity index is 257. The SMILES string of the molecule is C=CCC1(Cl)CCCCO1.c1ccncc1. The number of alkyl halides is 1. The van der Waals surface area contributed by atoms with Crippen LogP contribution in [0.25, 0.3) is 0 Å². The third-order valence-electron chi connectivity index (χ3n) is 2.32. The molecule has 2 rings (SSSR count). The van der Waals surface area contributed by atoms with Crippen LogP contribution in [0, 0.1) is 0 Å². The summed E-state index contributed by atoms with van der Waals surface area (Å²) in [6, 6.07) is 5.72. The van der Waals surface area contributed by atoms with Gasteiger partial charge in [0.15, 0.2) is 0 Å². The summed E-state index contributed by atoms with van der Waals surface area (Å²) in [5.41, 5.74) is 0. The second-order valence-electron chi connectivity index (χ2n) is 3.71. The average Bonchev–Trinajstić information content (AvgIpc) is 2.33. The van der Waals surface area contributed by atoms with Crippen molar-refractivity contribution in [1.82, 2.24) is 4.98 Å². The Morgan fingerprint density at radius 1 is 1.31 bits per heavy atom. The van der Waals surface area contributed by atoms with Crippen molar-refractivity contribution in [1.29, 1.82) is 0 Å². The number of halogens is 1. The molecule has 1 aliphatic rings. The first kappa shape index (κ1) is 13.2. The molecule has 2 heterocycles. The van der Waals surface area contributed by atoms with Crippen molar-refractivity contribution in [3.8, 4) is 0 Å². The van der Waals surface area contributed by atoms with Gasteiger partial charge in [0.05, 0.1) is 0 Å². The van der Waals surface area contributed by atoms with Crippen LogP contribution in [0.2, 0.25) is 0 Å². The van der Waals surface area contributed by atoms with Crippen molar-refractivity contribution in [3.05, 3.63) is 43.2 Å². The lowest BCUT2D eigenvalue weighted by Gasteiger charge is -2.30. The molecule has 16 heavy (non-hydrogen) atoms. The molecular weight excluding hydrogens is 222 g/mol. The summed E-state index contributed by atoms with van der Waals surface area (Å²) in [4.78, 5) is 3.78. The third-order valence-corrected chi connectivity index (χ3v) is 2.77. The highest BCUT2D eigenvalue weighted by Crippen LogP contribution is 2.32. The molecule has 2 nitrogen and oxygen atoms in total. The van der Waals surface area contributed by atoms with E-state index in [1.807, 2.05) is 24.3 Å². The van der Waals surface area contributed by atoms with Crippen molar-refractivity contribution in [3.63, 3.8) is 0 Å².